The van der Waals surface area contributed by atoms with E-state index in [1.807, 2.05) is 20.8 Å². The van der Waals surface area contributed by atoms with Gasteiger partial charge >= 0.3 is 10.4 Å². The third-order valence-corrected chi connectivity index (χ3v) is 3.93. The number of aliphatic hydroxyl groups excluding tert-OH is 1. The molecular formula is C10H18O5S. The summed E-state index contributed by atoms with van der Waals surface area (Å²) in [5.41, 5.74) is 1.14. The van der Waals surface area contributed by atoms with Gasteiger partial charge in [0.2, 0.25) is 0 Å². The topological polar surface area (TPSA) is 83.8 Å². The van der Waals surface area contributed by atoms with Gasteiger partial charge in [-0.15, -0.1) is 0 Å². The van der Waals surface area contributed by atoms with Crippen LogP contribution >= 0.6 is 0 Å². The zero-order valence-corrected chi connectivity index (χ0v) is 10.5. The van der Waals surface area contributed by atoms with Crippen LogP contribution in [0.15, 0.2) is 11.6 Å². The molecule has 2 atom stereocenters. The summed E-state index contributed by atoms with van der Waals surface area (Å²) in [6.45, 7) is 6.09. The molecule has 0 spiro atoms. The first kappa shape index (κ1) is 13.6. The summed E-state index contributed by atoms with van der Waals surface area (Å²) in [5.74, 6) is 0.115. The second kappa shape index (κ2) is 4.44. The van der Waals surface area contributed by atoms with Crippen molar-refractivity contribution in [1.29, 1.82) is 0 Å². The Morgan fingerprint density at radius 2 is 2.19 bits per heavy atom. The molecule has 0 aliphatic heterocycles. The maximum absolute atomic E-state index is 10.4. The fourth-order valence-electron chi connectivity index (χ4n) is 2.01. The Morgan fingerprint density at radius 1 is 1.62 bits per heavy atom. The zero-order chi connectivity index (χ0) is 12.6. The highest BCUT2D eigenvalue weighted by molar-refractivity contribution is 7.80. The normalized spacial score (nSPS) is 26.6. The predicted octanol–water partition coefficient (Wildman–Crippen LogP) is 1.51. The smallest absolute Gasteiger partial charge is 0.367 e. The lowest BCUT2D eigenvalue weighted by molar-refractivity contribution is -0.0442. The summed E-state index contributed by atoms with van der Waals surface area (Å²) in [6.07, 6.45) is 1.55. The van der Waals surface area contributed by atoms with Gasteiger partial charge in [-0.1, -0.05) is 25.5 Å². The Bertz CT molecular complexity index is 382. The number of hydrogen-bond donors (Lipinski definition) is 2. The second-order valence-corrected chi connectivity index (χ2v) is 5.80. The molecule has 0 aromatic rings. The number of rotatable bonds is 4. The van der Waals surface area contributed by atoms with E-state index in [1.165, 1.54) is 5.57 Å². The number of hydrogen-bond acceptors (Lipinski definition) is 4. The van der Waals surface area contributed by atoms with Gasteiger partial charge in [0.05, 0.1) is 0 Å². The van der Waals surface area contributed by atoms with Gasteiger partial charge in [-0.25, -0.2) is 4.18 Å². The Balaban J connectivity index is 2.58. The molecule has 2 N–H and O–H groups in total. The summed E-state index contributed by atoms with van der Waals surface area (Å²) in [6, 6.07) is 0. The molecule has 94 valence electrons. The van der Waals surface area contributed by atoms with Crippen molar-refractivity contribution in [3.63, 3.8) is 0 Å². The van der Waals surface area contributed by atoms with E-state index in [9.17, 15) is 13.5 Å². The molecule has 0 bridgehead atoms. The average Bonchev–Trinajstić information content (AvgIpc) is 2.28. The standard InChI is InChI=1S/C10H18O5S/c1-7-4-5-8(10(7,2)3)6-9(11)15-16(12,13)14/h4,8-9,11H,5-6H2,1-3H3,(H,12,13,14). The molecule has 1 rings (SSSR count). The van der Waals surface area contributed by atoms with Crippen molar-refractivity contribution in [2.24, 2.45) is 11.3 Å². The lowest BCUT2D eigenvalue weighted by atomic mass is 9.76. The van der Waals surface area contributed by atoms with Crippen molar-refractivity contribution in [3.05, 3.63) is 11.6 Å². The van der Waals surface area contributed by atoms with E-state index in [4.69, 9.17) is 4.55 Å². The summed E-state index contributed by atoms with van der Waals surface area (Å²) in [7, 11) is -4.58. The van der Waals surface area contributed by atoms with Crippen molar-refractivity contribution in [3.8, 4) is 0 Å². The first-order chi connectivity index (χ1) is 7.13. The van der Waals surface area contributed by atoms with Gasteiger partial charge in [-0.3, -0.25) is 4.55 Å². The molecule has 0 aromatic carbocycles. The highest BCUT2D eigenvalue weighted by atomic mass is 32.3. The molecule has 0 heterocycles. The van der Waals surface area contributed by atoms with Gasteiger partial charge < -0.3 is 5.11 Å². The Hall–Kier alpha value is -0.430. The SMILES string of the molecule is CC1=CCC(CC(O)OS(=O)(=O)O)C1(C)C. The van der Waals surface area contributed by atoms with Crippen LogP contribution in [-0.2, 0) is 14.6 Å². The average molecular weight is 250 g/mol. The van der Waals surface area contributed by atoms with Crippen LogP contribution in [-0.4, -0.2) is 24.4 Å². The molecule has 1 aliphatic rings. The molecule has 16 heavy (non-hydrogen) atoms. The maximum Gasteiger partial charge on any atom is 0.399 e. The van der Waals surface area contributed by atoms with Crippen LogP contribution < -0.4 is 0 Å². The van der Waals surface area contributed by atoms with Gasteiger partial charge in [-0.2, -0.15) is 8.42 Å². The van der Waals surface area contributed by atoms with Crippen molar-refractivity contribution < 1.29 is 22.3 Å². The van der Waals surface area contributed by atoms with Crippen LogP contribution in [0.4, 0.5) is 0 Å². The van der Waals surface area contributed by atoms with E-state index in [0.717, 1.165) is 6.42 Å². The molecule has 0 saturated carbocycles. The fourth-order valence-corrected chi connectivity index (χ4v) is 2.37. The van der Waals surface area contributed by atoms with Crippen LogP contribution in [0.2, 0.25) is 0 Å². The van der Waals surface area contributed by atoms with Crippen molar-refractivity contribution in [2.75, 3.05) is 0 Å². The van der Waals surface area contributed by atoms with E-state index in [2.05, 4.69) is 10.3 Å². The fraction of sp³-hybridized carbons (Fsp3) is 0.800. The molecule has 6 heteroatoms. The summed E-state index contributed by atoms with van der Waals surface area (Å²) >= 11 is 0. The van der Waals surface area contributed by atoms with Gasteiger partial charge in [0.15, 0.2) is 6.29 Å². The van der Waals surface area contributed by atoms with Crippen LogP contribution in [0, 0.1) is 11.3 Å². The molecule has 1 aliphatic carbocycles. The number of allylic oxidation sites excluding steroid dienone is 2. The van der Waals surface area contributed by atoms with E-state index >= 15 is 0 Å². The van der Waals surface area contributed by atoms with Crippen LogP contribution in [0.5, 0.6) is 0 Å². The summed E-state index contributed by atoms with van der Waals surface area (Å²) < 4.78 is 33.3. The third-order valence-electron chi connectivity index (χ3n) is 3.46. The second-order valence-electron chi connectivity index (χ2n) is 4.76. The van der Waals surface area contributed by atoms with Crippen molar-refractivity contribution in [2.45, 2.75) is 39.9 Å². The minimum Gasteiger partial charge on any atom is -0.367 e. The van der Waals surface area contributed by atoms with Crippen molar-refractivity contribution in [1.82, 2.24) is 0 Å². The predicted molar refractivity (Wildman–Crippen MR) is 58.9 cm³/mol. The molecule has 0 radical (unpaired) electrons. The van der Waals surface area contributed by atoms with Gasteiger partial charge in [-0.05, 0) is 24.7 Å². The van der Waals surface area contributed by atoms with E-state index in [1.54, 1.807) is 0 Å². The first-order valence-electron chi connectivity index (χ1n) is 5.14. The largest absolute Gasteiger partial charge is 0.399 e. The van der Waals surface area contributed by atoms with Gasteiger partial charge in [0, 0.05) is 6.42 Å². The first-order valence-corrected chi connectivity index (χ1v) is 6.50. The van der Waals surface area contributed by atoms with Gasteiger partial charge in [0.1, 0.15) is 0 Å². The zero-order valence-electron chi connectivity index (χ0n) is 9.67. The Labute approximate surface area is 96.1 Å². The monoisotopic (exact) mass is 250 g/mol. The Morgan fingerprint density at radius 3 is 2.56 bits per heavy atom. The van der Waals surface area contributed by atoms with E-state index in [-0.39, 0.29) is 17.8 Å². The summed E-state index contributed by atoms with van der Waals surface area (Å²) in [4.78, 5) is 0. The van der Waals surface area contributed by atoms with Crippen molar-refractivity contribution >= 4 is 10.4 Å². The van der Waals surface area contributed by atoms with E-state index in [0.29, 0.717) is 0 Å². The maximum atomic E-state index is 10.4. The number of aliphatic hydroxyl groups is 1. The van der Waals surface area contributed by atoms with E-state index < -0.39 is 16.7 Å². The highest BCUT2D eigenvalue weighted by Crippen LogP contribution is 2.45. The minimum absolute atomic E-state index is 0.0798. The molecule has 5 nitrogen and oxygen atoms in total. The lowest BCUT2D eigenvalue weighted by Crippen LogP contribution is -2.27. The molecule has 0 amide bonds. The third kappa shape index (κ3) is 3.28. The minimum atomic E-state index is -4.58. The van der Waals surface area contributed by atoms with Crippen LogP contribution in [0.1, 0.15) is 33.6 Å². The molecule has 0 saturated heterocycles. The molecule has 0 aromatic heterocycles. The van der Waals surface area contributed by atoms with Gasteiger partial charge in [0.25, 0.3) is 0 Å². The molecule has 2 unspecified atom stereocenters. The highest BCUT2D eigenvalue weighted by Gasteiger charge is 2.36. The quantitative estimate of drug-likeness (QED) is 0.449. The van der Waals surface area contributed by atoms with Crippen LogP contribution in [0.25, 0.3) is 0 Å². The molecule has 0 fully saturated rings. The van der Waals surface area contributed by atoms with Crippen LogP contribution in [0.3, 0.4) is 0 Å². The lowest BCUT2D eigenvalue weighted by Gasteiger charge is -2.30. The molecular weight excluding hydrogens is 232 g/mol. The Kier molecular flexibility index (Phi) is 3.79. The summed E-state index contributed by atoms with van der Waals surface area (Å²) in [5, 5.41) is 9.38.